The standard InChI is InChI=1S/C19H15ClN4O5/c1-28-13-5-9(6-14(29-2)17(13)25)8-21-24-18(26)16-15(23-19(24)27)11-7-10(20)3-4-12(11)22-16/h3-8,22,25H,1-2H3,(H,23,27)/b21-8-. The van der Waals surface area contributed by atoms with Crippen molar-refractivity contribution in [3.8, 4) is 17.2 Å². The zero-order chi connectivity index (χ0) is 20.7. The molecule has 0 atom stereocenters. The number of fused-ring (bicyclic) bond motifs is 3. The lowest BCUT2D eigenvalue weighted by molar-refractivity contribution is 0.340. The molecule has 0 bridgehead atoms. The van der Waals surface area contributed by atoms with Gasteiger partial charge in [0, 0.05) is 21.5 Å². The number of hydrogen-bond donors (Lipinski definition) is 3. The average Bonchev–Trinajstić information content (AvgIpc) is 3.06. The number of benzene rings is 2. The fourth-order valence-corrected chi connectivity index (χ4v) is 3.20. The first-order valence-electron chi connectivity index (χ1n) is 8.38. The Bertz CT molecular complexity index is 1370. The second-order valence-electron chi connectivity index (χ2n) is 6.13. The Hall–Kier alpha value is -3.72. The summed E-state index contributed by atoms with van der Waals surface area (Å²) < 4.78 is 10.9. The van der Waals surface area contributed by atoms with Gasteiger partial charge in [0.05, 0.1) is 26.0 Å². The molecule has 0 saturated carbocycles. The van der Waals surface area contributed by atoms with Gasteiger partial charge < -0.3 is 24.5 Å². The van der Waals surface area contributed by atoms with Crippen LogP contribution >= 0.6 is 11.6 Å². The summed E-state index contributed by atoms with van der Waals surface area (Å²) in [6, 6.07) is 8.04. The minimum Gasteiger partial charge on any atom is -0.502 e. The number of H-pyrrole nitrogens is 2. The summed E-state index contributed by atoms with van der Waals surface area (Å²) in [7, 11) is 2.78. The number of methoxy groups -OCH3 is 2. The molecule has 0 aliphatic rings. The molecule has 2 aromatic carbocycles. The van der Waals surface area contributed by atoms with Crippen molar-refractivity contribution in [2.75, 3.05) is 14.2 Å². The highest BCUT2D eigenvalue weighted by Gasteiger charge is 2.14. The van der Waals surface area contributed by atoms with Crippen LogP contribution in [-0.4, -0.2) is 40.2 Å². The fourth-order valence-electron chi connectivity index (χ4n) is 3.03. The van der Waals surface area contributed by atoms with Crippen molar-refractivity contribution in [2.45, 2.75) is 0 Å². The lowest BCUT2D eigenvalue weighted by atomic mass is 10.2. The lowest BCUT2D eigenvalue weighted by Gasteiger charge is -2.09. The molecule has 0 aliphatic heterocycles. The molecule has 0 fully saturated rings. The quantitative estimate of drug-likeness (QED) is 0.443. The van der Waals surface area contributed by atoms with E-state index in [1.54, 1.807) is 18.2 Å². The number of phenols is 1. The molecule has 3 N–H and O–H groups in total. The van der Waals surface area contributed by atoms with Crippen molar-refractivity contribution < 1.29 is 14.6 Å². The number of hydrogen-bond acceptors (Lipinski definition) is 6. The molecule has 4 aromatic rings. The summed E-state index contributed by atoms with van der Waals surface area (Å²) in [5.41, 5.74) is 0.331. The van der Waals surface area contributed by atoms with Gasteiger partial charge in [-0.1, -0.05) is 11.6 Å². The van der Waals surface area contributed by atoms with Crippen LogP contribution in [0.25, 0.3) is 21.9 Å². The van der Waals surface area contributed by atoms with Crippen LogP contribution in [0.3, 0.4) is 0 Å². The molecule has 0 amide bonds. The van der Waals surface area contributed by atoms with E-state index in [1.165, 1.54) is 32.6 Å². The van der Waals surface area contributed by atoms with E-state index in [0.717, 1.165) is 0 Å². The molecular formula is C19H15ClN4O5. The largest absolute Gasteiger partial charge is 0.502 e. The van der Waals surface area contributed by atoms with Crippen molar-refractivity contribution in [3.63, 3.8) is 0 Å². The molecule has 9 nitrogen and oxygen atoms in total. The predicted molar refractivity (Wildman–Crippen MR) is 110 cm³/mol. The molecule has 0 saturated heterocycles. The third-order valence-electron chi connectivity index (χ3n) is 4.42. The Morgan fingerprint density at radius 1 is 1.07 bits per heavy atom. The Labute approximate surface area is 167 Å². The van der Waals surface area contributed by atoms with Crippen LogP contribution in [0.15, 0.2) is 45.0 Å². The van der Waals surface area contributed by atoms with Gasteiger partial charge in [-0.05, 0) is 30.3 Å². The van der Waals surface area contributed by atoms with Gasteiger partial charge in [-0.2, -0.15) is 5.10 Å². The Morgan fingerprint density at radius 2 is 1.76 bits per heavy atom. The predicted octanol–water partition coefficient (Wildman–Crippen LogP) is 2.43. The summed E-state index contributed by atoms with van der Waals surface area (Å²) in [5.74, 6) is 0.158. The number of aromatic amines is 2. The van der Waals surface area contributed by atoms with Crippen molar-refractivity contribution in [3.05, 3.63) is 61.8 Å². The molecular weight excluding hydrogens is 400 g/mol. The molecule has 2 heterocycles. The van der Waals surface area contributed by atoms with Gasteiger partial charge in [-0.15, -0.1) is 4.68 Å². The zero-order valence-electron chi connectivity index (χ0n) is 15.3. The molecule has 0 aliphatic carbocycles. The highest BCUT2D eigenvalue weighted by molar-refractivity contribution is 6.31. The molecule has 4 rings (SSSR count). The second kappa shape index (κ2) is 7.02. The third-order valence-corrected chi connectivity index (χ3v) is 4.65. The molecule has 2 aromatic heterocycles. The van der Waals surface area contributed by atoms with Crippen molar-refractivity contribution in [1.82, 2.24) is 14.6 Å². The normalized spacial score (nSPS) is 11.6. The highest BCUT2D eigenvalue weighted by atomic mass is 35.5. The minimum absolute atomic E-state index is 0.162. The van der Waals surface area contributed by atoms with E-state index >= 15 is 0 Å². The van der Waals surface area contributed by atoms with Crippen LogP contribution in [0.2, 0.25) is 5.02 Å². The number of nitrogens with zero attached hydrogens (tertiary/aromatic N) is 2. The fraction of sp³-hybridized carbons (Fsp3) is 0.105. The van der Waals surface area contributed by atoms with Crippen LogP contribution in [0.5, 0.6) is 17.2 Å². The first-order chi connectivity index (χ1) is 13.9. The van der Waals surface area contributed by atoms with Crippen molar-refractivity contribution in [2.24, 2.45) is 5.10 Å². The summed E-state index contributed by atoms with van der Waals surface area (Å²) in [6.07, 6.45) is 1.28. The monoisotopic (exact) mass is 414 g/mol. The van der Waals surface area contributed by atoms with Gasteiger partial charge in [0.2, 0.25) is 5.75 Å². The van der Waals surface area contributed by atoms with Crippen LogP contribution in [-0.2, 0) is 0 Å². The third kappa shape index (κ3) is 3.11. The van der Waals surface area contributed by atoms with E-state index in [0.29, 0.717) is 31.7 Å². The van der Waals surface area contributed by atoms with Gasteiger partial charge in [-0.25, -0.2) is 4.79 Å². The lowest BCUT2D eigenvalue weighted by Crippen LogP contribution is -2.32. The average molecular weight is 415 g/mol. The number of halogens is 1. The van der Waals surface area contributed by atoms with Crippen LogP contribution < -0.4 is 20.7 Å². The van der Waals surface area contributed by atoms with Gasteiger partial charge >= 0.3 is 11.2 Å². The maximum Gasteiger partial charge on any atom is 0.350 e. The van der Waals surface area contributed by atoms with E-state index < -0.39 is 11.2 Å². The topological polar surface area (TPSA) is 122 Å². The summed E-state index contributed by atoms with van der Waals surface area (Å²) >= 11 is 6.01. The summed E-state index contributed by atoms with van der Waals surface area (Å²) in [6.45, 7) is 0. The Kier molecular flexibility index (Phi) is 4.51. The number of phenolic OH excluding ortho intramolecular Hbond substituents is 1. The molecule has 148 valence electrons. The van der Waals surface area contributed by atoms with E-state index in [2.05, 4.69) is 15.1 Å². The smallest absolute Gasteiger partial charge is 0.350 e. The number of ether oxygens (including phenoxy) is 2. The van der Waals surface area contributed by atoms with Crippen LogP contribution in [0.1, 0.15) is 5.56 Å². The van der Waals surface area contributed by atoms with Crippen LogP contribution in [0.4, 0.5) is 0 Å². The minimum atomic E-state index is -0.711. The molecule has 0 radical (unpaired) electrons. The summed E-state index contributed by atoms with van der Waals surface area (Å²) in [5, 5.41) is 15.1. The number of aromatic hydroxyl groups is 1. The van der Waals surface area contributed by atoms with E-state index in [1.807, 2.05) is 0 Å². The molecule has 29 heavy (non-hydrogen) atoms. The summed E-state index contributed by atoms with van der Waals surface area (Å²) in [4.78, 5) is 30.9. The highest BCUT2D eigenvalue weighted by Crippen LogP contribution is 2.36. The van der Waals surface area contributed by atoms with Crippen LogP contribution in [0, 0.1) is 0 Å². The zero-order valence-corrected chi connectivity index (χ0v) is 16.1. The molecule has 0 unspecified atom stereocenters. The first-order valence-corrected chi connectivity index (χ1v) is 8.76. The Morgan fingerprint density at radius 3 is 2.41 bits per heavy atom. The van der Waals surface area contributed by atoms with E-state index in [4.69, 9.17) is 21.1 Å². The maximum absolute atomic E-state index is 12.8. The molecule has 10 heteroatoms. The van der Waals surface area contributed by atoms with Crippen molar-refractivity contribution >= 4 is 39.8 Å². The SMILES string of the molecule is COc1cc(/C=N\n2c(=O)[nH]c3c([nH]c4ccc(Cl)cc43)c2=O)cc(OC)c1O. The van der Waals surface area contributed by atoms with Gasteiger partial charge in [0.15, 0.2) is 11.5 Å². The van der Waals surface area contributed by atoms with E-state index in [9.17, 15) is 14.7 Å². The number of aromatic nitrogens is 3. The Balaban J connectivity index is 1.86. The number of nitrogens with one attached hydrogen (secondary N) is 2. The van der Waals surface area contributed by atoms with Gasteiger partial charge in [0.1, 0.15) is 5.52 Å². The van der Waals surface area contributed by atoms with Gasteiger partial charge in [0.25, 0.3) is 0 Å². The van der Waals surface area contributed by atoms with Crippen molar-refractivity contribution in [1.29, 1.82) is 0 Å². The number of rotatable bonds is 4. The maximum atomic E-state index is 12.8. The first kappa shape index (κ1) is 18.6. The molecule has 0 spiro atoms. The van der Waals surface area contributed by atoms with E-state index in [-0.39, 0.29) is 22.8 Å². The van der Waals surface area contributed by atoms with Gasteiger partial charge in [-0.3, -0.25) is 4.79 Å². The second-order valence-corrected chi connectivity index (χ2v) is 6.57.